The van der Waals surface area contributed by atoms with Gasteiger partial charge < -0.3 is 29.4 Å². The predicted octanol–water partition coefficient (Wildman–Crippen LogP) is -0.611. The third kappa shape index (κ3) is 748. The fourth-order valence-corrected chi connectivity index (χ4v) is 0. The van der Waals surface area contributed by atoms with Gasteiger partial charge in [0.25, 0.3) is 0 Å². The molecule has 0 saturated carbocycles. The van der Waals surface area contributed by atoms with Gasteiger partial charge >= 0.3 is 43.0 Å². The van der Waals surface area contributed by atoms with E-state index in [1.54, 1.807) is 0 Å². The molecule has 0 bridgehead atoms. The normalized spacial score (nSPS) is 10.3. The Morgan fingerprint density at radius 2 is 0.733 bits per heavy atom. The summed E-state index contributed by atoms with van der Waals surface area (Å²) in [5, 5.41) is 0. The average Bonchev–Trinajstić information content (AvgIpc) is 1.45. The summed E-state index contributed by atoms with van der Waals surface area (Å²) in [7, 11) is 0. The molecule has 0 unspecified atom stereocenters. The van der Waals surface area contributed by atoms with Crippen LogP contribution in [0.2, 0.25) is 0 Å². The van der Waals surface area contributed by atoms with E-state index in [9.17, 15) is 0 Å². The van der Waals surface area contributed by atoms with Gasteiger partial charge in [0.1, 0.15) is 0 Å². The quantitative estimate of drug-likeness (QED) is 0.259. The molecular formula is C4H17NaO6P2S2. The molecule has 0 aliphatic carbocycles. The Balaban J connectivity index is -0.0000000590. The molecule has 0 aromatic rings. The SMILES string of the molecule is CC(C)C.OP(O)(O)=S.OP(O)(O)=S.[NaH]. The van der Waals surface area contributed by atoms with Crippen molar-refractivity contribution in [1.29, 1.82) is 0 Å². The van der Waals surface area contributed by atoms with E-state index in [1.807, 2.05) is 0 Å². The Labute approximate surface area is 122 Å². The van der Waals surface area contributed by atoms with Crippen LogP contribution in [0.3, 0.4) is 0 Å². The maximum absolute atomic E-state index is 7.56. The molecule has 0 radical (unpaired) electrons. The second kappa shape index (κ2) is 12.5. The summed E-state index contributed by atoms with van der Waals surface area (Å²) in [5.41, 5.74) is 0. The van der Waals surface area contributed by atoms with Gasteiger partial charge in [-0.2, -0.15) is 0 Å². The van der Waals surface area contributed by atoms with Crippen molar-refractivity contribution in [2.75, 3.05) is 0 Å². The average molecular weight is 310 g/mol. The molecule has 0 saturated heterocycles. The van der Waals surface area contributed by atoms with E-state index in [4.69, 9.17) is 29.4 Å². The van der Waals surface area contributed by atoms with Crippen LogP contribution in [-0.2, 0) is 23.6 Å². The van der Waals surface area contributed by atoms with Crippen molar-refractivity contribution >= 4 is 66.6 Å². The van der Waals surface area contributed by atoms with Gasteiger partial charge in [-0.3, -0.25) is 0 Å². The molecule has 0 atom stereocenters. The second-order valence-corrected chi connectivity index (χ2v) is 7.75. The van der Waals surface area contributed by atoms with Crippen molar-refractivity contribution in [3.63, 3.8) is 0 Å². The van der Waals surface area contributed by atoms with Crippen molar-refractivity contribution in [3.8, 4) is 0 Å². The summed E-state index contributed by atoms with van der Waals surface area (Å²) < 4.78 is 0. The first-order chi connectivity index (χ1) is 5.73. The molecule has 0 aliphatic rings. The van der Waals surface area contributed by atoms with Crippen LogP contribution in [0.25, 0.3) is 0 Å². The molecule has 0 spiro atoms. The van der Waals surface area contributed by atoms with Crippen LogP contribution in [0, 0.1) is 5.92 Å². The summed E-state index contributed by atoms with van der Waals surface area (Å²) >= 11 is 7.21. The molecule has 0 heterocycles. The van der Waals surface area contributed by atoms with Crippen molar-refractivity contribution in [1.82, 2.24) is 0 Å². The van der Waals surface area contributed by atoms with Crippen molar-refractivity contribution in [3.05, 3.63) is 0 Å². The molecule has 15 heavy (non-hydrogen) atoms. The van der Waals surface area contributed by atoms with Gasteiger partial charge in [0.15, 0.2) is 0 Å². The summed E-state index contributed by atoms with van der Waals surface area (Å²) in [6.07, 6.45) is 0. The molecule has 0 fully saturated rings. The first kappa shape index (κ1) is 25.8. The molecule has 11 heteroatoms. The van der Waals surface area contributed by atoms with E-state index in [-0.39, 0.29) is 29.6 Å². The Kier molecular flexibility index (Phi) is 21.5. The fourth-order valence-electron chi connectivity index (χ4n) is 0. The Bertz CT molecular complexity index is 174. The summed E-state index contributed by atoms with van der Waals surface area (Å²) in [6.45, 7) is -1.11. The molecule has 0 aliphatic heterocycles. The molecule has 0 aromatic carbocycles. The number of hydrogen-bond acceptors (Lipinski definition) is 2. The first-order valence-electron chi connectivity index (χ1n) is 3.30. The van der Waals surface area contributed by atoms with Crippen LogP contribution >= 0.6 is 13.4 Å². The fraction of sp³-hybridized carbons (Fsp3) is 1.00. The first-order valence-corrected chi connectivity index (χ1v) is 8.62. The summed E-state index contributed by atoms with van der Waals surface area (Å²) in [6, 6.07) is 0. The van der Waals surface area contributed by atoms with Gasteiger partial charge in [-0.15, -0.1) is 0 Å². The Morgan fingerprint density at radius 1 is 0.733 bits per heavy atom. The van der Waals surface area contributed by atoms with Crippen LogP contribution in [0.4, 0.5) is 0 Å². The third-order valence-corrected chi connectivity index (χ3v) is 0. The third-order valence-electron chi connectivity index (χ3n) is 0. The molecule has 6 nitrogen and oxygen atoms in total. The van der Waals surface area contributed by atoms with Crippen molar-refractivity contribution in [2.45, 2.75) is 20.8 Å². The minimum atomic E-state index is -3.81. The van der Waals surface area contributed by atoms with Crippen molar-refractivity contribution in [2.24, 2.45) is 5.92 Å². The van der Waals surface area contributed by atoms with E-state index in [2.05, 4.69) is 44.4 Å². The monoisotopic (exact) mass is 310 g/mol. The molecule has 0 aromatic heterocycles. The van der Waals surface area contributed by atoms with E-state index >= 15 is 0 Å². The zero-order chi connectivity index (χ0) is 12.6. The van der Waals surface area contributed by atoms with Crippen LogP contribution < -0.4 is 0 Å². The van der Waals surface area contributed by atoms with Gasteiger partial charge in [-0.25, -0.2) is 0 Å². The topological polar surface area (TPSA) is 121 Å². The van der Waals surface area contributed by atoms with Crippen LogP contribution in [-0.4, -0.2) is 58.9 Å². The minimum absolute atomic E-state index is 0. The zero-order valence-electron chi connectivity index (χ0n) is 7.97. The Morgan fingerprint density at radius 3 is 0.733 bits per heavy atom. The van der Waals surface area contributed by atoms with Crippen LogP contribution in [0.1, 0.15) is 20.8 Å². The van der Waals surface area contributed by atoms with Gasteiger partial charge in [0.2, 0.25) is 0 Å². The second-order valence-electron chi connectivity index (χ2n) is 2.76. The summed E-state index contributed by atoms with van der Waals surface area (Å²) in [4.78, 5) is 45.3. The van der Waals surface area contributed by atoms with E-state index in [0.29, 0.717) is 0 Å². The number of rotatable bonds is 0. The predicted molar refractivity (Wildman–Crippen MR) is 69.5 cm³/mol. The van der Waals surface area contributed by atoms with E-state index < -0.39 is 13.4 Å². The van der Waals surface area contributed by atoms with E-state index in [0.717, 1.165) is 5.92 Å². The molecular weight excluding hydrogens is 293 g/mol. The van der Waals surface area contributed by atoms with Gasteiger partial charge in [-0.1, -0.05) is 20.8 Å². The molecule has 6 N–H and O–H groups in total. The van der Waals surface area contributed by atoms with Gasteiger partial charge in [0.05, 0.1) is 0 Å². The standard InChI is InChI=1S/C4H10.Na.2H3O3PS.H/c1-4(2)3;;2*1-4(2,3)5;/h4H,1-3H3;;2*(H3,1,2,3,5);. The molecule has 0 amide bonds. The van der Waals surface area contributed by atoms with Crippen LogP contribution in [0.5, 0.6) is 0 Å². The Hall–Kier alpha value is 2.06. The molecule has 92 valence electrons. The number of hydrogen-bond donors (Lipinski definition) is 6. The van der Waals surface area contributed by atoms with Gasteiger partial charge in [-0.05, 0) is 29.5 Å². The van der Waals surface area contributed by atoms with E-state index in [1.165, 1.54) is 0 Å². The van der Waals surface area contributed by atoms with Crippen LogP contribution in [0.15, 0.2) is 0 Å². The van der Waals surface area contributed by atoms with Crippen molar-refractivity contribution < 1.29 is 29.4 Å². The molecule has 0 rings (SSSR count). The zero-order valence-corrected chi connectivity index (χ0v) is 11.4. The van der Waals surface area contributed by atoms with Gasteiger partial charge in [0, 0.05) is 0 Å². The summed E-state index contributed by atoms with van der Waals surface area (Å²) in [5.74, 6) is 0.833. The maximum atomic E-state index is 7.56.